The minimum absolute atomic E-state index is 0.215. The van der Waals surface area contributed by atoms with Gasteiger partial charge in [-0.2, -0.15) is 0 Å². The van der Waals surface area contributed by atoms with Crippen LogP contribution in [-0.2, 0) is 25.6 Å². The van der Waals surface area contributed by atoms with Crippen LogP contribution >= 0.6 is 0 Å². The van der Waals surface area contributed by atoms with E-state index in [1.54, 1.807) is 20.0 Å². The molecule has 0 aromatic carbocycles. The van der Waals surface area contributed by atoms with Crippen LogP contribution in [0.15, 0.2) is 12.5 Å². The number of carbonyl (C=O) groups excluding carboxylic acids is 3. The third-order valence-corrected chi connectivity index (χ3v) is 6.48. The molecule has 204 valence electrons. The zero-order valence-corrected chi connectivity index (χ0v) is 21.8. The molecule has 1 heterocycles. The predicted molar refractivity (Wildman–Crippen MR) is 136 cm³/mol. The Morgan fingerprint density at radius 3 is 2.11 bits per heavy atom. The first-order chi connectivity index (χ1) is 17.0. The topological polar surface area (TPSA) is 205 Å². The Morgan fingerprint density at radius 1 is 0.972 bits per heavy atom. The number of aromatic amines is 1. The number of carbonyl (C=O) groups is 4. The van der Waals surface area contributed by atoms with Crippen LogP contribution in [0, 0.1) is 11.8 Å². The van der Waals surface area contributed by atoms with E-state index in [9.17, 15) is 24.3 Å². The van der Waals surface area contributed by atoms with E-state index < -0.39 is 47.9 Å². The first kappa shape index (κ1) is 31.0. The molecule has 0 fully saturated rings. The van der Waals surface area contributed by atoms with Crippen molar-refractivity contribution in [2.45, 2.75) is 90.4 Å². The summed E-state index contributed by atoms with van der Waals surface area (Å²) in [6.07, 6.45) is 5.95. The minimum atomic E-state index is -1.13. The number of nitrogens with two attached hydrogens (primary N) is 2. The Kier molecular flexibility index (Phi) is 13.7. The average Bonchev–Trinajstić information content (AvgIpc) is 3.36. The zero-order valence-electron chi connectivity index (χ0n) is 21.8. The van der Waals surface area contributed by atoms with Crippen molar-refractivity contribution in [2.75, 3.05) is 6.54 Å². The van der Waals surface area contributed by atoms with Crippen LogP contribution in [0.5, 0.6) is 0 Å². The maximum Gasteiger partial charge on any atom is 0.326 e. The van der Waals surface area contributed by atoms with Gasteiger partial charge in [0, 0.05) is 18.3 Å². The van der Waals surface area contributed by atoms with Crippen molar-refractivity contribution in [3.63, 3.8) is 0 Å². The van der Waals surface area contributed by atoms with Gasteiger partial charge >= 0.3 is 5.97 Å². The Balaban J connectivity index is 2.99. The zero-order chi connectivity index (χ0) is 27.3. The highest BCUT2D eigenvalue weighted by Crippen LogP contribution is 2.13. The van der Waals surface area contributed by atoms with E-state index in [0.29, 0.717) is 44.3 Å². The third-order valence-electron chi connectivity index (χ3n) is 6.48. The van der Waals surface area contributed by atoms with Crippen LogP contribution in [0.3, 0.4) is 0 Å². The third kappa shape index (κ3) is 9.94. The van der Waals surface area contributed by atoms with Crippen molar-refractivity contribution in [3.05, 3.63) is 18.2 Å². The van der Waals surface area contributed by atoms with E-state index in [2.05, 4.69) is 25.9 Å². The van der Waals surface area contributed by atoms with Crippen molar-refractivity contribution in [1.29, 1.82) is 0 Å². The number of aromatic nitrogens is 2. The van der Waals surface area contributed by atoms with Gasteiger partial charge in [0.25, 0.3) is 0 Å². The first-order valence-electron chi connectivity index (χ1n) is 12.6. The maximum atomic E-state index is 13.2. The number of aliphatic carboxylic acids is 1. The van der Waals surface area contributed by atoms with Crippen LogP contribution in [-0.4, -0.2) is 69.5 Å². The smallest absolute Gasteiger partial charge is 0.326 e. The van der Waals surface area contributed by atoms with E-state index >= 15 is 0 Å². The van der Waals surface area contributed by atoms with E-state index in [-0.39, 0.29) is 18.3 Å². The Morgan fingerprint density at radius 2 is 1.58 bits per heavy atom. The lowest BCUT2D eigenvalue weighted by molar-refractivity contribution is -0.144. The second kappa shape index (κ2) is 15.9. The molecule has 0 spiro atoms. The second-order valence-corrected chi connectivity index (χ2v) is 9.31. The van der Waals surface area contributed by atoms with Gasteiger partial charge in [0.1, 0.15) is 18.1 Å². The molecule has 0 bridgehead atoms. The summed E-state index contributed by atoms with van der Waals surface area (Å²) in [7, 11) is 0. The molecule has 6 atom stereocenters. The molecular formula is C24H43N7O5. The first-order valence-corrected chi connectivity index (χ1v) is 12.6. The van der Waals surface area contributed by atoms with Crippen molar-refractivity contribution >= 4 is 23.7 Å². The molecule has 3 amide bonds. The van der Waals surface area contributed by atoms with Crippen LogP contribution in [0.4, 0.5) is 0 Å². The van der Waals surface area contributed by atoms with E-state index in [1.165, 1.54) is 6.33 Å². The molecule has 12 heteroatoms. The fraction of sp³-hybridized carbons (Fsp3) is 0.708. The van der Waals surface area contributed by atoms with Crippen LogP contribution < -0.4 is 27.4 Å². The molecular weight excluding hydrogens is 466 g/mol. The number of imidazole rings is 1. The number of H-pyrrole nitrogens is 1. The Bertz CT molecular complexity index is 833. The molecule has 1 aromatic heterocycles. The van der Waals surface area contributed by atoms with Gasteiger partial charge in [-0.05, 0) is 37.6 Å². The summed E-state index contributed by atoms with van der Waals surface area (Å²) in [5, 5.41) is 17.6. The maximum absolute atomic E-state index is 13.2. The van der Waals surface area contributed by atoms with Gasteiger partial charge in [-0.25, -0.2) is 9.78 Å². The molecule has 0 saturated carbocycles. The van der Waals surface area contributed by atoms with Gasteiger partial charge in [-0.1, -0.05) is 40.5 Å². The molecule has 1 aromatic rings. The summed E-state index contributed by atoms with van der Waals surface area (Å²) < 4.78 is 0. The molecule has 0 radical (unpaired) electrons. The lowest BCUT2D eigenvalue weighted by Crippen LogP contribution is -2.59. The summed E-state index contributed by atoms with van der Waals surface area (Å²) in [5.41, 5.74) is 12.3. The molecule has 0 aliphatic carbocycles. The number of carboxylic acid groups (broad SMARTS) is 1. The molecule has 0 saturated heterocycles. The molecule has 9 N–H and O–H groups in total. The van der Waals surface area contributed by atoms with Crippen molar-refractivity contribution in [2.24, 2.45) is 23.3 Å². The Labute approximate surface area is 212 Å². The standard InChI is InChI=1S/C24H43N7O5/c1-5-14(3)19(23(34)31-20(24(35)36)15(4)6-2)30-22(33)18(9-7-8-10-25)29-21(32)17(26)11-16-12-27-13-28-16/h12-15,17-20H,5-11,25-26H2,1-4H3,(H,27,28)(H,29,32)(H,30,33)(H,31,34)(H,35,36). The number of nitrogens with one attached hydrogen (secondary N) is 4. The van der Waals surface area contributed by atoms with Gasteiger partial charge in [0.15, 0.2) is 0 Å². The quantitative estimate of drug-likeness (QED) is 0.142. The number of unbranched alkanes of at least 4 members (excludes halogenated alkanes) is 1. The van der Waals surface area contributed by atoms with Gasteiger partial charge in [0.2, 0.25) is 17.7 Å². The normalized spacial score (nSPS) is 16.2. The lowest BCUT2D eigenvalue weighted by atomic mass is 9.95. The van der Waals surface area contributed by atoms with Crippen molar-refractivity contribution in [1.82, 2.24) is 25.9 Å². The van der Waals surface area contributed by atoms with Crippen molar-refractivity contribution < 1.29 is 24.3 Å². The molecule has 6 unspecified atom stereocenters. The summed E-state index contributed by atoms with van der Waals surface area (Å²) >= 11 is 0. The fourth-order valence-corrected chi connectivity index (χ4v) is 3.65. The number of carboxylic acids is 1. The molecule has 1 rings (SSSR count). The summed E-state index contributed by atoms with van der Waals surface area (Å²) in [4.78, 5) is 57.5. The minimum Gasteiger partial charge on any atom is -0.480 e. The largest absolute Gasteiger partial charge is 0.480 e. The van der Waals surface area contributed by atoms with E-state index in [0.717, 1.165) is 0 Å². The van der Waals surface area contributed by atoms with Gasteiger partial charge < -0.3 is 37.5 Å². The van der Waals surface area contributed by atoms with E-state index in [1.807, 2.05) is 13.8 Å². The summed E-state index contributed by atoms with van der Waals surface area (Å²) in [6, 6.07) is -3.88. The van der Waals surface area contributed by atoms with E-state index in [4.69, 9.17) is 11.5 Å². The number of hydrogen-bond donors (Lipinski definition) is 7. The van der Waals surface area contributed by atoms with Crippen molar-refractivity contribution in [3.8, 4) is 0 Å². The monoisotopic (exact) mass is 509 g/mol. The summed E-state index contributed by atoms with van der Waals surface area (Å²) in [6.45, 7) is 7.69. The van der Waals surface area contributed by atoms with Crippen LogP contribution in [0.2, 0.25) is 0 Å². The average molecular weight is 510 g/mol. The van der Waals surface area contributed by atoms with Gasteiger partial charge in [0.05, 0.1) is 12.4 Å². The number of hydrogen-bond acceptors (Lipinski definition) is 7. The van der Waals surface area contributed by atoms with Crippen LogP contribution in [0.25, 0.3) is 0 Å². The summed E-state index contributed by atoms with van der Waals surface area (Å²) in [5.74, 6) is -3.32. The molecule has 36 heavy (non-hydrogen) atoms. The fourth-order valence-electron chi connectivity index (χ4n) is 3.65. The highest BCUT2D eigenvalue weighted by molar-refractivity contribution is 5.94. The predicted octanol–water partition coefficient (Wildman–Crippen LogP) is 0.0397. The Hall–Kier alpha value is -2.99. The molecule has 0 aliphatic rings. The van der Waals surface area contributed by atoms with Crippen LogP contribution in [0.1, 0.15) is 65.5 Å². The lowest BCUT2D eigenvalue weighted by Gasteiger charge is -2.29. The molecule has 0 aliphatic heterocycles. The van der Waals surface area contributed by atoms with Gasteiger partial charge in [-0.15, -0.1) is 0 Å². The van der Waals surface area contributed by atoms with Gasteiger partial charge in [-0.3, -0.25) is 14.4 Å². The highest BCUT2D eigenvalue weighted by Gasteiger charge is 2.34. The number of amides is 3. The molecule has 12 nitrogen and oxygen atoms in total. The second-order valence-electron chi connectivity index (χ2n) is 9.31. The SMILES string of the molecule is CCC(C)C(NC(=O)C(NC(=O)C(CCCCN)NC(=O)C(N)Cc1cnc[nH]1)C(C)CC)C(=O)O. The number of rotatable bonds is 17. The highest BCUT2D eigenvalue weighted by atomic mass is 16.4. The number of nitrogens with zero attached hydrogens (tertiary/aromatic N) is 1.